The van der Waals surface area contributed by atoms with E-state index in [-0.39, 0.29) is 22.8 Å². The van der Waals surface area contributed by atoms with Crippen LogP contribution in [0.15, 0.2) is 18.2 Å². The number of hydrogen-bond acceptors (Lipinski definition) is 3. The molecule has 1 aliphatic carbocycles. The third kappa shape index (κ3) is 2.44. The Balaban J connectivity index is 2.28. The normalized spacial score (nSPS) is 21.8. The second-order valence-corrected chi connectivity index (χ2v) is 5.50. The summed E-state index contributed by atoms with van der Waals surface area (Å²) in [5, 5.41) is 14.1. The predicted octanol–water partition coefficient (Wildman–Crippen LogP) is 3.72. The summed E-state index contributed by atoms with van der Waals surface area (Å²) < 4.78 is 13.2. The van der Waals surface area contributed by atoms with E-state index in [1.54, 1.807) is 0 Å². The lowest BCUT2D eigenvalue weighted by Crippen LogP contribution is -2.31. The summed E-state index contributed by atoms with van der Waals surface area (Å²) >= 11 is 0. The molecular formula is C13H17FN2O2. The lowest BCUT2D eigenvalue weighted by Gasteiger charge is -2.28. The summed E-state index contributed by atoms with van der Waals surface area (Å²) in [5.74, 6) is -0.459. The maximum atomic E-state index is 13.2. The molecule has 0 spiro atoms. The maximum Gasteiger partial charge on any atom is 0.292 e. The molecule has 4 nitrogen and oxygen atoms in total. The van der Waals surface area contributed by atoms with Crippen LogP contribution in [-0.4, -0.2) is 11.0 Å². The summed E-state index contributed by atoms with van der Waals surface area (Å²) in [6.07, 6.45) is 3.13. The lowest BCUT2D eigenvalue weighted by atomic mass is 9.87. The largest absolute Gasteiger partial charge is 0.376 e. The predicted molar refractivity (Wildman–Crippen MR) is 68.1 cm³/mol. The average Bonchev–Trinajstić information content (AvgIpc) is 2.58. The van der Waals surface area contributed by atoms with Crippen molar-refractivity contribution in [1.29, 1.82) is 0 Å². The van der Waals surface area contributed by atoms with E-state index in [1.807, 2.05) is 0 Å². The van der Waals surface area contributed by atoms with E-state index in [1.165, 1.54) is 12.1 Å². The van der Waals surface area contributed by atoms with Gasteiger partial charge in [0.1, 0.15) is 11.5 Å². The molecule has 1 aromatic rings. The Morgan fingerprint density at radius 1 is 1.50 bits per heavy atom. The van der Waals surface area contributed by atoms with Crippen molar-refractivity contribution in [2.75, 3.05) is 5.32 Å². The highest BCUT2D eigenvalue weighted by Crippen LogP contribution is 2.40. The van der Waals surface area contributed by atoms with Crippen molar-refractivity contribution in [3.05, 3.63) is 34.1 Å². The molecule has 0 bridgehead atoms. The van der Waals surface area contributed by atoms with Crippen LogP contribution in [0.4, 0.5) is 15.8 Å². The first kappa shape index (κ1) is 12.8. The van der Waals surface area contributed by atoms with E-state index in [0.29, 0.717) is 0 Å². The van der Waals surface area contributed by atoms with Crippen LogP contribution in [0.2, 0.25) is 0 Å². The Kier molecular flexibility index (Phi) is 3.24. The number of rotatable bonds is 3. The molecule has 1 N–H and O–H groups in total. The highest BCUT2D eigenvalue weighted by molar-refractivity contribution is 5.62. The Hall–Kier alpha value is -1.65. The number of benzene rings is 1. The maximum absolute atomic E-state index is 13.2. The van der Waals surface area contributed by atoms with Crippen molar-refractivity contribution in [1.82, 2.24) is 0 Å². The van der Waals surface area contributed by atoms with Gasteiger partial charge in [-0.1, -0.05) is 20.3 Å². The van der Waals surface area contributed by atoms with Crippen molar-refractivity contribution in [2.24, 2.45) is 5.41 Å². The molecule has 1 atom stereocenters. The summed E-state index contributed by atoms with van der Waals surface area (Å²) in [7, 11) is 0. The van der Waals surface area contributed by atoms with Crippen molar-refractivity contribution in [3.63, 3.8) is 0 Å². The van der Waals surface area contributed by atoms with Crippen LogP contribution in [-0.2, 0) is 0 Å². The van der Waals surface area contributed by atoms with Gasteiger partial charge >= 0.3 is 0 Å². The molecule has 0 radical (unpaired) electrons. The van der Waals surface area contributed by atoms with Crippen molar-refractivity contribution < 1.29 is 9.31 Å². The van der Waals surface area contributed by atoms with Gasteiger partial charge in [-0.25, -0.2) is 4.39 Å². The van der Waals surface area contributed by atoms with Crippen LogP contribution in [0, 0.1) is 21.3 Å². The SMILES string of the molecule is CC1(C)CCCC1Nc1cc(F)ccc1[N+](=O)[O-]. The molecule has 0 amide bonds. The van der Waals surface area contributed by atoms with Gasteiger partial charge in [-0.05, 0) is 24.3 Å². The molecule has 18 heavy (non-hydrogen) atoms. The first-order valence-electron chi connectivity index (χ1n) is 6.10. The molecule has 98 valence electrons. The van der Waals surface area contributed by atoms with Gasteiger partial charge in [0.2, 0.25) is 0 Å². The first-order chi connectivity index (χ1) is 8.40. The van der Waals surface area contributed by atoms with Crippen LogP contribution >= 0.6 is 0 Å². The minimum atomic E-state index is -0.482. The zero-order chi connectivity index (χ0) is 13.3. The van der Waals surface area contributed by atoms with Gasteiger partial charge in [0.15, 0.2) is 0 Å². The van der Waals surface area contributed by atoms with Crippen molar-refractivity contribution in [3.8, 4) is 0 Å². The summed E-state index contributed by atoms with van der Waals surface area (Å²) in [5.41, 5.74) is 0.291. The number of nitro benzene ring substituents is 1. The Labute approximate surface area is 105 Å². The molecule has 0 aliphatic heterocycles. The topological polar surface area (TPSA) is 55.2 Å². The zero-order valence-corrected chi connectivity index (χ0v) is 10.6. The van der Waals surface area contributed by atoms with Gasteiger partial charge in [-0.2, -0.15) is 0 Å². The van der Waals surface area contributed by atoms with Crippen LogP contribution in [0.25, 0.3) is 0 Å². The monoisotopic (exact) mass is 252 g/mol. The molecule has 1 unspecified atom stereocenters. The van der Waals surface area contributed by atoms with E-state index in [0.717, 1.165) is 25.3 Å². The van der Waals surface area contributed by atoms with Crippen LogP contribution in [0.3, 0.4) is 0 Å². The minimum Gasteiger partial charge on any atom is -0.376 e. The zero-order valence-electron chi connectivity index (χ0n) is 10.6. The van der Waals surface area contributed by atoms with E-state index in [9.17, 15) is 14.5 Å². The molecule has 1 aliphatic rings. The van der Waals surface area contributed by atoms with Gasteiger partial charge < -0.3 is 5.32 Å². The van der Waals surface area contributed by atoms with Crippen LogP contribution in [0.5, 0.6) is 0 Å². The Bertz CT molecular complexity index is 474. The molecule has 0 heterocycles. The van der Waals surface area contributed by atoms with Crippen LogP contribution < -0.4 is 5.32 Å². The van der Waals surface area contributed by atoms with E-state index in [4.69, 9.17) is 0 Å². The smallest absolute Gasteiger partial charge is 0.292 e. The fraction of sp³-hybridized carbons (Fsp3) is 0.538. The van der Waals surface area contributed by atoms with E-state index < -0.39 is 10.7 Å². The highest BCUT2D eigenvalue weighted by atomic mass is 19.1. The second kappa shape index (κ2) is 4.55. The number of nitrogens with one attached hydrogen (secondary N) is 1. The summed E-state index contributed by atoms with van der Waals surface area (Å²) in [6, 6.07) is 3.67. The van der Waals surface area contributed by atoms with Crippen LogP contribution in [0.1, 0.15) is 33.1 Å². The first-order valence-corrected chi connectivity index (χ1v) is 6.10. The van der Waals surface area contributed by atoms with Gasteiger partial charge in [-0.3, -0.25) is 10.1 Å². The number of nitro groups is 1. The Morgan fingerprint density at radius 3 is 2.78 bits per heavy atom. The minimum absolute atomic E-state index is 0.0703. The molecule has 1 saturated carbocycles. The number of hydrogen-bond donors (Lipinski definition) is 1. The second-order valence-electron chi connectivity index (χ2n) is 5.50. The fourth-order valence-electron chi connectivity index (χ4n) is 2.57. The quantitative estimate of drug-likeness (QED) is 0.658. The third-order valence-corrected chi connectivity index (χ3v) is 3.74. The Morgan fingerprint density at radius 2 is 2.22 bits per heavy atom. The molecule has 2 rings (SSSR count). The van der Waals surface area contributed by atoms with E-state index >= 15 is 0 Å². The lowest BCUT2D eigenvalue weighted by molar-refractivity contribution is -0.384. The van der Waals surface area contributed by atoms with E-state index in [2.05, 4.69) is 19.2 Å². The fourth-order valence-corrected chi connectivity index (χ4v) is 2.57. The molecular weight excluding hydrogens is 235 g/mol. The highest BCUT2D eigenvalue weighted by Gasteiger charge is 2.35. The van der Waals surface area contributed by atoms with Crippen molar-refractivity contribution >= 4 is 11.4 Å². The molecule has 1 fully saturated rings. The molecule has 1 aromatic carbocycles. The molecule has 5 heteroatoms. The number of anilines is 1. The number of halogens is 1. The molecule has 0 saturated heterocycles. The third-order valence-electron chi connectivity index (χ3n) is 3.74. The van der Waals surface area contributed by atoms with Gasteiger partial charge in [-0.15, -0.1) is 0 Å². The van der Waals surface area contributed by atoms with Crippen molar-refractivity contribution in [2.45, 2.75) is 39.2 Å². The number of nitrogens with zero attached hydrogens (tertiary/aromatic N) is 1. The summed E-state index contributed by atoms with van der Waals surface area (Å²) in [4.78, 5) is 10.4. The van der Waals surface area contributed by atoms with Gasteiger partial charge in [0, 0.05) is 18.2 Å². The standard InChI is InChI=1S/C13H17FN2O2/c1-13(2)7-3-4-12(13)15-10-8-9(14)5-6-11(10)16(17)18/h5-6,8,12,15H,3-4,7H2,1-2H3. The summed E-state index contributed by atoms with van der Waals surface area (Å²) in [6.45, 7) is 4.26. The van der Waals surface area contributed by atoms with Gasteiger partial charge in [0.05, 0.1) is 4.92 Å². The average molecular weight is 252 g/mol. The van der Waals surface area contributed by atoms with Gasteiger partial charge in [0.25, 0.3) is 5.69 Å². The molecule has 0 aromatic heterocycles.